The van der Waals surface area contributed by atoms with Crippen LogP contribution in [0.2, 0.25) is 0 Å². The van der Waals surface area contributed by atoms with E-state index in [0.717, 1.165) is 22.2 Å². The van der Waals surface area contributed by atoms with E-state index < -0.39 is 0 Å². The Hall–Kier alpha value is -0.680. The van der Waals surface area contributed by atoms with Crippen molar-refractivity contribution >= 4 is 27.3 Å². The third-order valence-electron chi connectivity index (χ3n) is 1.83. The maximum atomic E-state index is 5.20. The molecule has 2 rings (SSSR count). The summed E-state index contributed by atoms with van der Waals surface area (Å²) in [7, 11) is 0. The third kappa shape index (κ3) is 1.74. The quantitative estimate of drug-likeness (QED) is 0.788. The minimum Gasteiger partial charge on any atom is -0.354 e. The maximum absolute atomic E-state index is 5.20. The minimum atomic E-state index is 0.707. The largest absolute Gasteiger partial charge is 0.354 e. The Bertz CT molecular complexity index is 449. The average molecular weight is 273 g/mol. The highest BCUT2D eigenvalue weighted by Crippen LogP contribution is 2.27. The number of hydrogen-bond acceptors (Lipinski definition) is 4. The molecule has 0 saturated heterocycles. The number of aryl methyl sites for hydroxylation is 2. The van der Waals surface area contributed by atoms with Crippen molar-refractivity contribution in [2.45, 2.75) is 19.2 Å². The van der Waals surface area contributed by atoms with Crippen molar-refractivity contribution in [2.75, 3.05) is 0 Å². The number of halogens is 1. The first-order valence-electron chi connectivity index (χ1n) is 4.16. The molecule has 0 N–H and O–H groups in total. The fourth-order valence-corrected chi connectivity index (χ4v) is 2.33. The molecule has 0 spiro atoms. The monoisotopic (exact) mass is 272 g/mol. The molecule has 0 atom stereocenters. The molecule has 0 aliphatic rings. The molecule has 14 heavy (non-hydrogen) atoms. The van der Waals surface area contributed by atoms with E-state index >= 15 is 0 Å². The summed E-state index contributed by atoms with van der Waals surface area (Å²) >= 11 is 5.00. The van der Waals surface area contributed by atoms with Crippen LogP contribution >= 0.6 is 27.3 Å². The Labute approximate surface area is 94.3 Å². The van der Waals surface area contributed by atoms with E-state index in [0.29, 0.717) is 5.33 Å². The normalized spacial score (nSPS) is 10.8. The zero-order valence-corrected chi connectivity index (χ0v) is 10.3. The van der Waals surface area contributed by atoms with Crippen molar-refractivity contribution in [3.8, 4) is 11.5 Å². The van der Waals surface area contributed by atoms with Crippen molar-refractivity contribution in [3.05, 3.63) is 21.6 Å². The van der Waals surface area contributed by atoms with E-state index in [2.05, 4.69) is 26.1 Å². The fourth-order valence-electron chi connectivity index (χ4n) is 1.24. The lowest BCUT2D eigenvalue weighted by Crippen LogP contribution is -1.76. The van der Waals surface area contributed by atoms with Crippen molar-refractivity contribution < 1.29 is 4.52 Å². The molecule has 74 valence electrons. The van der Waals surface area contributed by atoms with E-state index in [9.17, 15) is 0 Å². The van der Waals surface area contributed by atoms with E-state index in [1.54, 1.807) is 11.3 Å². The van der Waals surface area contributed by atoms with Crippen molar-refractivity contribution in [1.82, 2.24) is 10.1 Å². The Balaban J connectivity index is 2.43. The van der Waals surface area contributed by atoms with Crippen LogP contribution < -0.4 is 0 Å². The van der Waals surface area contributed by atoms with Crippen LogP contribution in [-0.4, -0.2) is 10.1 Å². The smallest absolute Gasteiger partial charge is 0.186 e. The number of rotatable bonds is 2. The third-order valence-corrected chi connectivity index (χ3v) is 3.29. The molecule has 0 amide bonds. The van der Waals surface area contributed by atoms with Crippen LogP contribution in [0.1, 0.15) is 15.6 Å². The van der Waals surface area contributed by atoms with Gasteiger partial charge in [-0.2, -0.15) is 0 Å². The van der Waals surface area contributed by atoms with Crippen molar-refractivity contribution in [2.24, 2.45) is 0 Å². The minimum absolute atomic E-state index is 0.707. The maximum Gasteiger partial charge on any atom is 0.186 e. The molecule has 0 aliphatic carbocycles. The standard InChI is InChI=1S/C9H9BrN2OS/c1-5-9(11-6(2)14-5)8-3-7(4-10)12-13-8/h3H,4H2,1-2H3. The molecule has 2 aromatic heterocycles. The number of alkyl halides is 1. The van der Waals surface area contributed by atoms with Gasteiger partial charge >= 0.3 is 0 Å². The number of hydrogen-bond donors (Lipinski definition) is 0. The van der Waals surface area contributed by atoms with Crippen LogP contribution in [0.15, 0.2) is 10.6 Å². The molecule has 2 heterocycles. The summed E-state index contributed by atoms with van der Waals surface area (Å²) in [6.45, 7) is 4.03. The summed E-state index contributed by atoms with van der Waals surface area (Å²) in [5.74, 6) is 0.751. The predicted octanol–water partition coefficient (Wildman–Crippen LogP) is 3.31. The van der Waals surface area contributed by atoms with E-state index in [1.165, 1.54) is 4.88 Å². The number of nitrogens with zero attached hydrogens (tertiary/aromatic N) is 2. The van der Waals surface area contributed by atoms with Crippen LogP contribution in [0.3, 0.4) is 0 Å². The Morgan fingerprint density at radius 2 is 2.29 bits per heavy atom. The fraction of sp³-hybridized carbons (Fsp3) is 0.333. The summed E-state index contributed by atoms with van der Waals surface area (Å²) in [6.07, 6.45) is 0. The van der Waals surface area contributed by atoms with Gasteiger partial charge < -0.3 is 4.52 Å². The SMILES string of the molecule is Cc1nc(-c2cc(CBr)no2)c(C)s1. The van der Waals surface area contributed by atoms with Gasteiger partial charge in [-0.3, -0.25) is 0 Å². The molecule has 0 radical (unpaired) electrons. The van der Waals surface area contributed by atoms with Gasteiger partial charge in [0.25, 0.3) is 0 Å². The molecule has 5 heteroatoms. The molecule has 3 nitrogen and oxygen atoms in total. The van der Waals surface area contributed by atoms with Crippen LogP contribution in [0.5, 0.6) is 0 Å². The highest BCUT2D eigenvalue weighted by atomic mass is 79.9. The molecular formula is C9H9BrN2OS. The zero-order valence-electron chi connectivity index (χ0n) is 7.87. The second kappa shape index (κ2) is 3.82. The Kier molecular flexibility index (Phi) is 2.69. The lowest BCUT2D eigenvalue weighted by Gasteiger charge is -1.88. The van der Waals surface area contributed by atoms with Crippen molar-refractivity contribution in [1.29, 1.82) is 0 Å². The second-order valence-electron chi connectivity index (χ2n) is 2.95. The first-order valence-corrected chi connectivity index (χ1v) is 6.10. The molecule has 0 unspecified atom stereocenters. The lowest BCUT2D eigenvalue weighted by atomic mass is 10.3. The van der Waals surface area contributed by atoms with Gasteiger partial charge in [0.1, 0.15) is 5.69 Å². The van der Waals surface area contributed by atoms with E-state index in [-0.39, 0.29) is 0 Å². The molecule has 0 bridgehead atoms. The van der Waals surface area contributed by atoms with Gasteiger partial charge in [0, 0.05) is 16.3 Å². The number of aromatic nitrogens is 2. The molecule has 2 aromatic rings. The van der Waals surface area contributed by atoms with E-state index in [1.807, 2.05) is 19.9 Å². The predicted molar refractivity (Wildman–Crippen MR) is 59.7 cm³/mol. The molecule has 0 aliphatic heterocycles. The highest BCUT2D eigenvalue weighted by molar-refractivity contribution is 9.08. The summed E-state index contributed by atoms with van der Waals surface area (Å²) in [6, 6.07) is 1.91. The summed E-state index contributed by atoms with van der Waals surface area (Å²) in [5.41, 5.74) is 1.80. The highest BCUT2D eigenvalue weighted by Gasteiger charge is 2.12. The van der Waals surface area contributed by atoms with Crippen molar-refractivity contribution in [3.63, 3.8) is 0 Å². The molecule has 0 aromatic carbocycles. The van der Waals surface area contributed by atoms with Gasteiger partial charge in [-0.05, 0) is 13.8 Å². The molecule has 0 saturated carbocycles. The first kappa shape index (κ1) is 9.86. The van der Waals surface area contributed by atoms with Gasteiger partial charge in [0.2, 0.25) is 0 Å². The topological polar surface area (TPSA) is 38.9 Å². The summed E-state index contributed by atoms with van der Waals surface area (Å²) < 4.78 is 5.20. The van der Waals surface area contributed by atoms with Crippen LogP contribution in [0.25, 0.3) is 11.5 Å². The van der Waals surface area contributed by atoms with Gasteiger partial charge in [-0.1, -0.05) is 21.1 Å². The summed E-state index contributed by atoms with van der Waals surface area (Å²) in [5, 5.41) is 5.66. The van der Waals surface area contributed by atoms with Gasteiger partial charge in [0.05, 0.1) is 10.7 Å². The molecule has 0 fully saturated rings. The van der Waals surface area contributed by atoms with E-state index in [4.69, 9.17) is 4.52 Å². The zero-order chi connectivity index (χ0) is 10.1. The summed E-state index contributed by atoms with van der Waals surface area (Å²) in [4.78, 5) is 5.56. The van der Waals surface area contributed by atoms with Crippen LogP contribution in [0, 0.1) is 13.8 Å². The number of thiazole rings is 1. The van der Waals surface area contributed by atoms with Crippen LogP contribution in [-0.2, 0) is 5.33 Å². The second-order valence-corrected chi connectivity index (χ2v) is 4.92. The van der Waals surface area contributed by atoms with Gasteiger partial charge in [-0.25, -0.2) is 4.98 Å². The lowest BCUT2D eigenvalue weighted by molar-refractivity contribution is 0.425. The van der Waals surface area contributed by atoms with Crippen LogP contribution in [0.4, 0.5) is 0 Å². The van der Waals surface area contributed by atoms with Gasteiger partial charge in [0.15, 0.2) is 5.76 Å². The first-order chi connectivity index (χ1) is 6.70. The Morgan fingerprint density at radius 3 is 2.79 bits per heavy atom. The van der Waals surface area contributed by atoms with Gasteiger partial charge in [-0.15, -0.1) is 11.3 Å². The Morgan fingerprint density at radius 1 is 1.50 bits per heavy atom. The average Bonchev–Trinajstić information content (AvgIpc) is 2.71. The molecular weight excluding hydrogens is 264 g/mol.